The third-order valence-corrected chi connectivity index (χ3v) is 6.11. The largest absolute Gasteiger partial charge is 0.397 e. The number of anilines is 2. The average Bonchev–Trinajstić information content (AvgIpc) is 3.02. The van der Waals surface area contributed by atoms with Gasteiger partial charge in [0.1, 0.15) is 0 Å². The fourth-order valence-corrected chi connectivity index (χ4v) is 3.99. The second-order valence-corrected chi connectivity index (χ2v) is 9.48. The molecule has 0 aliphatic carbocycles. The third kappa shape index (κ3) is 3.95. The van der Waals surface area contributed by atoms with Gasteiger partial charge >= 0.3 is 0 Å². The van der Waals surface area contributed by atoms with Crippen LogP contribution in [-0.4, -0.2) is 16.4 Å². The molecule has 0 aliphatic rings. The topological polar surface area (TPSA) is 96.0 Å². The Labute approximate surface area is 156 Å². The molecule has 0 bridgehead atoms. The van der Waals surface area contributed by atoms with Crippen LogP contribution in [0.15, 0.2) is 59.5 Å². The van der Waals surface area contributed by atoms with E-state index in [0.717, 1.165) is 10.4 Å². The number of nitrogen functional groups attached to an aromatic ring is 1. The van der Waals surface area contributed by atoms with E-state index < -0.39 is 9.73 Å². The standard InChI is InChI=1S/C19H19N3O2S2/c1-12-3-10-18(25-12)14-6-9-16(20)17(11-14)22-19(23)13-4-7-15(8-5-13)26(2,21)24/h3-11,21H,20H2,1-2H3,(H,22,23). The first-order chi connectivity index (χ1) is 12.2. The SMILES string of the molecule is Cc1ccc(-c2ccc(N)c(NC(=O)c3ccc(S(C)(=N)=O)cc3)c2)s1. The number of hydrogen-bond donors (Lipinski definition) is 3. The van der Waals surface area contributed by atoms with Crippen LogP contribution in [0.25, 0.3) is 10.4 Å². The Kier molecular flexibility index (Phi) is 4.84. The smallest absolute Gasteiger partial charge is 0.255 e. The lowest BCUT2D eigenvalue weighted by Gasteiger charge is -2.10. The van der Waals surface area contributed by atoms with Gasteiger partial charge in [-0.15, -0.1) is 11.3 Å². The number of benzene rings is 2. The van der Waals surface area contributed by atoms with Gasteiger partial charge in [-0.3, -0.25) is 4.79 Å². The first-order valence-electron chi connectivity index (χ1n) is 7.85. The number of aryl methyl sites for hydroxylation is 1. The molecule has 1 aromatic heterocycles. The van der Waals surface area contributed by atoms with Crippen molar-refractivity contribution in [2.75, 3.05) is 17.3 Å². The maximum Gasteiger partial charge on any atom is 0.255 e. The number of carbonyl (C=O) groups is 1. The normalized spacial score (nSPS) is 13.2. The van der Waals surface area contributed by atoms with Crippen molar-refractivity contribution in [1.29, 1.82) is 4.78 Å². The van der Waals surface area contributed by atoms with Crippen molar-refractivity contribution >= 4 is 38.3 Å². The van der Waals surface area contributed by atoms with E-state index in [1.54, 1.807) is 41.7 Å². The summed E-state index contributed by atoms with van der Waals surface area (Å²) in [6, 6.07) is 15.8. The van der Waals surface area contributed by atoms with Crippen LogP contribution >= 0.6 is 11.3 Å². The van der Waals surface area contributed by atoms with Gasteiger partial charge in [-0.1, -0.05) is 6.07 Å². The Bertz CT molecular complexity index is 1070. The predicted octanol–water partition coefficient (Wildman–Crippen LogP) is 4.59. The zero-order valence-electron chi connectivity index (χ0n) is 14.4. The van der Waals surface area contributed by atoms with Crippen molar-refractivity contribution in [2.45, 2.75) is 11.8 Å². The van der Waals surface area contributed by atoms with E-state index in [4.69, 9.17) is 10.5 Å². The van der Waals surface area contributed by atoms with Crippen LogP contribution in [-0.2, 0) is 9.73 Å². The summed E-state index contributed by atoms with van der Waals surface area (Å²) in [6.45, 7) is 2.04. The Morgan fingerprint density at radius 3 is 2.38 bits per heavy atom. The van der Waals surface area contributed by atoms with E-state index in [-0.39, 0.29) is 5.91 Å². The lowest BCUT2D eigenvalue weighted by molar-refractivity contribution is 0.102. The Morgan fingerprint density at radius 1 is 1.12 bits per heavy atom. The van der Waals surface area contributed by atoms with Gasteiger partial charge in [0, 0.05) is 26.5 Å². The summed E-state index contributed by atoms with van der Waals surface area (Å²) < 4.78 is 19.3. The second kappa shape index (κ2) is 6.93. The molecule has 134 valence electrons. The van der Waals surface area contributed by atoms with E-state index in [0.29, 0.717) is 21.8 Å². The maximum atomic E-state index is 12.5. The third-order valence-electron chi connectivity index (χ3n) is 3.89. The molecule has 3 rings (SSSR count). The number of nitrogens with two attached hydrogens (primary N) is 1. The van der Waals surface area contributed by atoms with Crippen molar-refractivity contribution in [3.63, 3.8) is 0 Å². The highest BCUT2D eigenvalue weighted by Crippen LogP contribution is 2.32. The molecule has 4 N–H and O–H groups in total. The van der Waals surface area contributed by atoms with Crippen molar-refractivity contribution in [3.8, 4) is 10.4 Å². The van der Waals surface area contributed by atoms with Gasteiger partial charge in [0.2, 0.25) is 0 Å². The molecule has 0 radical (unpaired) electrons. The first kappa shape index (κ1) is 18.2. The molecule has 0 saturated heterocycles. The molecule has 5 nitrogen and oxygen atoms in total. The van der Waals surface area contributed by atoms with Crippen LogP contribution in [0.5, 0.6) is 0 Å². The van der Waals surface area contributed by atoms with Crippen molar-refractivity contribution in [3.05, 3.63) is 65.0 Å². The van der Waals surface area contributed by atoms with Gasteiger partial charge in [0.15, 0.2) is 0 Å². The van der Waals surface area contributed by atoms with Gasteiger partial charge in [0.25, 0.3) is 5.91 Å². The Morgan fingerprint density at radius 2 is 1.81 bits per heavy atom. The molecule has 3 aromatic rings. The van der Waals surface area contributed by atoms with E-state index in [9.17, 15) is 9.00 Å². The van der Waals surface area contributed by atoms with Crippen molar-refractivity contribution in [2.24, 2.45) is 0 Å². The van der Waals surface area contributed by atoms with E-state index in [1.807, 2.05) is 31.2 Å². The number of rotatable bonds is 4. The zero-order valence-corrected chi connectivity index (χ0v) is 16.0. The maximum absolute atomic E-state index is 12.5. The lowest BCUT2D eigenvalue weighted by Crippen LogP contribution is -2.13. The zero-order chi connectivity index (χ0) is 18.9. The van der Waals surface area contributed by atoms with Gasteiger partial charge < -0.3 is 11.1 Å². The van der Waals surface area contributed by atoms with Crippen LogP contribution in [0.4, 0.5) is 11.4 Å². The number of thiophene rings is 1. The van der Waals surface area contributed by atoms with E-state index in [2.05, 4.69) is 5.32 Å². The monoisotopic (exact) mass is 385 g/mol. The minimum Gasteiger partial charge on any atom is -0.397 e. The minimum atomic E-state index is -2.80. The summed E-state index contributed by atoms with van der Waals surface area (Å²) in [5.74, 6) is -0.310. The highest BCUT2D eigenvalue weighted by Gasteiger charge is 2.11. The molecular weight excluding hydrogens is 366 g/mol. The minimum absolute atomic E-state index is 0.310. The molecule has 1 heterocycles. The number of carbonyl (C=O) groups excluding carboxylic acids is 1. The lowest BCUT2D eigenvalue weighted by atomic mass is 10.1. The Hall–Kier alpha value is -2.64. The summed E-state index contributed by atoms with van der Waals surface area (Å²) >= 11 is 1.68. The number of amides is 1. The van der Waals surface area contributed by atoms with Crippen LogP contribution in [0, 0.1) is 11.7 Å². The fraction of sp³-hybridized carbons (Fsp3) is 0.105. The molecule has 1 atom stereocenters. The van der Waals surface area contributed by atoms with Gasteiger partial charge in [0.05, 0.1) is 21.1 Å². The first-order valence-corrected chi connectivity index (χ1v) is 10.6. The van der Waals surface area contributed by atoms with Crippen LogP contribution in [0.3, 0.4) is 0 Å². The number of hydrogen-bond acceptors (Lipinski definition) is 5. The predicted molar refractivity (Wildman–Crippen MR) is 108 cm³/mol. The number of nitrogens with one attached hydrogen (secondary N) is 2. The molecule has 7 heteroatoms. The van der Waals surface area contributed by atoms with Crippen molar-refractivity contribution in [1.82, 2.24) is 0 Å². The van der Waals surface area contributed by atoms with Gasteiger partial charge in [-0.05, 0) is 61.0 Å². The van der Waals surface area contributed by atoms with Gasteiger partial charge in [-0.2, -0.15) is 0 Å². The average molecular weight is 386 g/mol. The fourth-order valence-electron chi connectivity index (χ4n) is 2.47. The molecule has 2 aromatic carbocycles. The highest BCUT2D eigenvalue weighted by molar-refractivity contribution is 7.91. The van der Waals surface area contributed by atoms with Crippen LogP contribution < -0.4 is 11.1 Å². The molecule has 0 saturated carbocycles. The van der Waals surface area contributed by atoms with Crippen LogP contribution in [0.2, 0.25) is 0 Å². The molecule has 26 heavy (non-hydrogen) atoms. The van der Waals surface area contributed by atoms with E-state index in [1.165, 1.54) is 11.1 Å². The Balaban J connectivity index is 1.85. The molecule has 0 fully saturated rings. The van der Waals surface area contributed by atoms with Crippen molar-refractivity contribution < 1.29 is 9.00 Å². The van der Waals surface area contributed by atoms with Crippen LogP contribution in [0.1, 0.15) is 15.2 Å². The summed E-state index contributed by atoms with van der Waals surface area (Å²) in [6.07, 6.45) is 1.35. The summed E-state index contributed by atoms with van der Waals surface area (Å²) in [7, 11) is -2.80. The quantitative estimate of drug-likeness (QED) is 0.573. The molecule has 0 spiro atoms. The summed E-state index contributed by atoms with van der Waals surface area (Å²) in [4.78, 5) is 15.2. The molecule has 1 amide bonds. The van der Waals surface area contributed by atoms with Gasteiger partial charge in [-0.25, -0.2) is 8.99 Å². The summed E-state index contributed by atoms with van der Waals surface area (Å²) in [5.41, 5.74) is 8.43. The molecule has 1 unspecified atom stereocenters. The molecule has 0 aliphatic heterocycles. The second-order valence-electron chi connectivity index (χ2n) is 6.03. The molecular formula is C19H19N3O2S2. The highest BCUT2D eigenvalue weighted by atomic mass is 32.2. The van der Waals surface area contributed by atoms with E-state index >= 15 is 0 Å². The summed E-state index contributed by atoms with van der Waals surface area (Å²) in [5, 5.41) is 2.82.